The van der Waals surface area contributed by atoms with Crippen molar-refractivity contribution in [2.75, 3.05) is 26.3 Å². The van der Waals surface area contributed by atoms with E-state index in [-0.39, 0.29) is 0 Å². The minimum atomic E-state index is -0.501. The van der Waals surface area contributed by atoms with Crippen LogP contribution in [-0.4, -0.2) is 49.3 Å². The van der Waals surface area contributed by atoms with Gasteiger partial charge in [0.25, 0.3) is 5.91 Å². The van der Waals surface area contributed by atoms with Crippen LogP contribution >= 0.6 is 0 Å². The number of nitrogens with two attached hydrogens (primary N) is 1. The smallest absolute Gasteiger partial charge is 0.253 e. The molecular formula is C30H34N2O3. The minimum absolute atomic E-state index is 0.347. The van der Waals surface area contributed by atoms with Crippen molar-refractivity contribution < 1.29 is 14.3 Å². The number of fused-ring (bicyclic) bond motifs is 3. The summed E-state index contributed by atoms with van der Waals surface area (Å²) in [7, 11) is 0. The highest BCUT2D eigenvalue weighted by molar-refractivity contribution is 6.09. The van der Waals surface area contributed by atoms with Gasteiger partial charge in [-0.05, 0) is 41.7 Å². The van der Waals surface area contributed by atoms with Crippen molar-refractivity contribution in [3.63, 3.8) is 0 Å². The van der Waals surface area contributed by atoms with E-state index >= 15 is 0 Å². The van der Waals surface area contributed by atoms with Gasteiger partial charge < -0.3 is 15.2 Å². The number of morpholine rings is 1. The Morgan fingerprint density at radius 2 is 2.03 bits per heavy atom. The highest BCUT2D eigenvalue weighted by Crippen LogP contribution is 2.37. The third kappa shape index (κ3) is 5.81. The first-order chi connectivity index (χ1) is 17.1. The van der Waals surface area contributed by atoms with Gasteiger partial charge in [-0.1, -0.05) is 66.8 Å². The predicted octanol–water partition coefficient (Wildman–Crippen LogP) is 5.44. The lowest BCUT2D eigenvalue weighted by molar-refractivity contribution is 0.0257. The molecule has 2 N–H and O–H groups in total. The third-order valence-electron chi connectivity index (χ3n) is 6.55. The molecule has 2 aromatic rings. The molecule has 35 heavy (non-hydrogen) atoms. The Morgan fingerprint density at radius 1 is 1.17 bits per heavy atom. The molecule has 0 spiro atoms. The molecule has 0 saturated carbocycles. The first-order valence-electron chi connectivity index (χ1n) is 12.2. The average molecular weight is 471 g/mol. The van der Waals surface area contributed by atoms with Gasteiger partial charge in [-0.25, -0.2) is 0 Å². The van der Waals surface area contributed by atoms with Crippen LogP contribution in [0.5, 0.6) is 5.75 Å². The first kappa shape index (κ1) is 24.7. The fourth-order valence-corrected chi connectivity index (χ4v) is 4.94. The second-order valence-corrected chi connectivity index (χ2v) is 8.92. The lowest BCUT2D eigenvalue weighted by atomic mass is 9.90. The fraction of sp³-hybridized carbons (Fsp3) is 0.300. The summed E-state index contributed by atoms with van der Waals surface area (Å²) in [6.45, 7) is 10.7. The summed E-state index contributed by atoms with van der Waals surface area (Å²) >= 11 is 0. The first-order valence-corrected chi connectivity index (χ1v) is 12.2. The fourth-order valence-electron chi connectivity index (χ4n) is 4.94. The number of ether oxygens (including phenoxy) is 2. The Morgan fingerprint density at radius 3 is 2.74 bits per heavy atom. The lowest BCUT2D eigenvalue weighted by Gasteiger charge is -2.26. The zero-order valence-corrected chi connectivity index (χ0v) is 20.2. The molecule has 2 fully saturated rings. The van der Waals surface area contributed by atoms with E-state index in [0.717, 1.165) is 54.4 Å². The zero-order valence-electron chi connectivity index (χ0n) is 20.2. The number of allylic oxidation sites excluding steroid dienone is 8. The summed E-state index contributed by atoms with van der Waals surface area (Å²) in [5.41, 5.74) is 8.13. The van der Waals surface area contributed by atoms with Gasteiger partial charge in [0.1, 0.15) is 12.4 Å². The molecule has 2 saturated heterocycles. The van der Waals surface area contributed by atoms with E-state index in [1.165, 1.54) is 0 Å². The number of nitrogens with zero attached hydrogens (tertiary/aromatic N) is 1. The highest BCUT2D eigenvalue weighted by Gasteiger charge is 2.38. The molecule has 182 valence electrons. The molecule has 5 heteroatoms. The number of carbonyl (C=O) groups is 1. The van der Waals surface area contributed by atoms with Gasteiger partial charge in [0.2, 0.25) is 0 Å². The van der Waals surface area contributed by atoms with E-state index in [0.29, 0.717) is 36.5 Å². The van der Waals surface area contributed by atoms with Crippen LogP contribution in [-0.2, 0) is 4.74 Å². The summed E-state index contributed by atoms with van der Waals surface area (Å²) in [5, 5.41) is 1.97. The van der Waals surface area contributed by atoms with Gasteiger partial charge in [-0.15, -0.1) is 13.2 Å². The minimum Gasteiger partial charge on any atom is -0.491 e. The van der Waals surface area contributed by atoms with Crippen molar-refractivity contribution in [3.05, 3.63) is 97.1 Å². The maximum atomic E-state index is 12.8. The van der Waals surface area contributed by atoms with Crippen molar-refractivity contribution in [1.82, 2.24) is 4.90 Å². The summed E-state index contributed by atoms with van der Waals surface area (Å²) in [6, 6.07) is 10.4. The van der Waals surface area contributed by atoms with Gasteiger partial charge in [0, 0.05) is 24.7 Å². The molecule has 2 heterocycles. The van der Waals surface area contributed by atoms with E-state index in [4.69, 9.17) is 15.2 Å². The molecule has 2 aliphatic rings. The predicted molar refractivity (Wildman–Crippen MR) is 144 cm³/mol. The Bertz CT molecular complexity index is 1180. The largest absolute Gasteiger partial charge is 0.491 e. The Kier molecular flexibility index (Phi) is 8.35. The van der Waals surface area contributed by atoms with E-state index < -0.39 is 5.91 Å². The zero-order chi connectivity index (χ0) is 24.6. The van der Waals surface area contributed by atoms with Crippen molar-refractivity contribution in [2.24, 2.45) is 5.73 Å². The molecule has 0 radical (unpaired) electrons. The SMILES string of the molecule is C=CC/C=C/C=C/C=C(/CC=C)c1c(C(N)=O)c(OCCN2CC3CC2CO3)cc2ccccc12. The number of hydrogen-bond donors (Lipinski definition) is 1. The lowest BCUT2D eigenvalue weighted by Crippen LogP contribution is -2.39. The Labute approximate surface area is 207 Å². The Hall–Kier alpha value is -3.41. The maximum absolute atomic E-state index is 12.8. The van der Waals surface area contributed by atoms with Crippen molar-refractivity contribution in [2.45, 2.75) is 31.4 Å². The summed E-state index contributed by atoms with van der Waals surface area (Å²) < 4.78 is 11.9. The normalized spacial score (nSPS) is 20.3. The number of amides is 1. The number of likely N-dealkylation sites (tertiary alicyclic amines) is 1. The summed E-state index contributed by atoms with van der Waals surface area (Å²) in [4.78, 5) is 15.2. The standard InChI is InChI=1S/C30H34N2O3/c1-3-5-6-7-8-9-13-22(12-4-2)28-26-15-11-10-14-23(26)18-27(29(28)30(31)33)34-17-16-32-20-25-19-24(32)21-35-25/h3-4,6-11,13-15,18,24-25H,1-2,5,12,16-17,19-21H2,(H2,31,33)/b7-6+,9-8+,22-13-. The van der Waals surface area contributed by atoms with Gasteiger partial charge in [-0.3, -0.25) is 9.69 Å². The molecule has 4 rings (SSSR count). The van der Waals surface area contributed by atoms with Crippen LogP contribution in [0, 0.1) is 0 Å². The van der Waals surface area contributed by atoms with E-state index in [9.17, 15) is 4.79 Å². The van der Waals surface area contributed by atoms with Crippen LogP contribution in [0.2, 0.25) is 0 Å². The van der Waals surface area contributed by atoms with Crippen molar-refractivity contribution in [1.29, 1.82) is 0 Å². The van der Waals surface area contributed by atoms with Crippen LogP contribution in [0.25, 0.3) is 16.3 Å². The van der Waals surface area contributed by atoms with Crippen LogP contribution in [0.3, 0.4) is 0 Å². The molecule has 0 aromatic heterocycles. The van der Waals surface area contributed by atoms with Gasteiger partial charge >= 0.3 is 0 Å². The molecule has 5 nitrogen and oxygen atoms in total. The third-order valence-corrected chi connectivity index (χ3v) is 6.55. The van der Waals surface area contributed by atoms with Crippen LogP contribution in [0.1, 0.15) is 35.2 Å². The molecule has 2 unspecified atom stereocenters. The monoisotopic (exact) mass is 470 g/mol. The molecule has 0 aliphatic carbocycles. The summed E-state index contributed by atoms with van der Waals surface area (Å²) in [6.07, 6.45) is 16.5. The second kappa shape index (κ2) is 11.8. The quantitative estimate of drug-likeness (QED) is 0.331. The van der Waals surface area contributed by atoms with Gasteiger partial charge in [-0.2, -0.15) is 0 Å². The number of hydrogen-bond acceptors (Lipinski definition) is 4. The molecule has 1 amide bonds. The molecule has 2 aliphatic heterocycles. The van der Waals surface area contributed by atoms with Crippen LogP contribution < -0.4 is 10.5 Å². The molecule has 2 bridgehead atoms. The van der Waals surface area contributed by atoms with Gasteiger partial charge in [0.15, 0.2) is 0 Å². The molecule has 2 atom stereocenters. The molecule has 2 aromatic carbocycles. The van der Waals surface area contributed by atoms with Crippen molar-refractivity contribution >= 4 is 22.3 Å². The number of primary amides is 1. The summed E-state index contributed by atoms with van der Waals surface area (Å²) in [5.74, 6) is 0.0239. The van der Waals surface area contributed by atoms with E-state index in [1.54, 1.807) is 0 Å². The number of benzene rings is 2. The number of carbonyl (C=O) groups excluding carboxylic acids is 1. The van der Waals surface area contributed by atoms with Crippen molar-refractivity contribution in [3.8, 4) is 5.75 Å². The Balaban J connectivity index is 1.68. The number of rotatable bonds is 12. The van der Waals surface area contributed by atoms with Crippen LogP contribution in [0.15, 0.2) is 86.0 Å². The topological polar surface area (TPSA) is 64.8 Å². The highest BCUT2D eigenvalue weighted by atomic mass is 16.5. The van der Waals surface area contributed by atoms with Crippen LogP contribution in [0.4, 0.5) is 0 Å². The maximum Gasteiger partial charge on any atom is 0.253 e. The van der Waals surface area contributed by atoms with E-state index in [2.05, 4.69) is 18.1 Å². The van der Waals surface area contributed by atoms with Gasteiger partial charge in [0.05, 0.1) is 18.3 Å². The molecular weight excluding hydrogens is 436 g/mol. The average Bonchev–Trinajstić information content (AvgIpc) is 3.48. The second-order valence-electron chi connectivity index (χ2n) is 8.92. The van der Waals surface area contributed by atoms with E-state index in [1.807, 2.05) is 72.9 Å².